The molecule has 116 valence electrons. The van der Waals surface area contributed by atoms with Gasteiger partial charge in [0.25, 0.3) is 0 Å². The molecule has 0 aliphatic heterocycles. The lowest BCUT2D eigenvalue weighted by molar-refractivity contribution is 0.279. The molecule has 1 N–H and O–H groups in total. The van der Waals surface area contributed by atoms with E-state index in [0.717, 1.165) is 16.2 Å². The third-order valence-electron chi connectivity index (χ3n) is 3.26. The van der Waals surface area contributed by atoms with Gasteiger partial charge in [0.05, 0.1) is 22.7 Å². The molecule has 0 spiro atoms. The number of isocyanates is 1. The molecule has 0 aliphatic rings. The average Bonchev–Trinajstić information content (AvgIpc) is 2.52. The fourth-order valence-electron chi connectivity index (χ4n) is 1.99. The van der Waals surface area contributed by atoms with E-state index in [2.05, 4.69) is 21.0 Å². The van der Waals surface area contributed by atoms with Crippen LogP contribution in [0, 0.1) is 13.8 Å². The molecule has 0 heterocycles. The minimum Gasteiger partial charge on any atom is -0.289 e. The van der Waals surface area contributed by atoms with Gasteiger partial charge < -0.3 is 0 Å². The summed E-state index contributed by atoms with van der Waals surface area (Å²) in [5.74, 6) is 0. The van der Waals surface area contributed by atoms with Crippen molar-refractivity contribution in [3.8, 4) is 0 Å². The number of aliphatic imine (C=N–C) groups is 3. The van der Waals surface area contributed by atoms with Gasteiger partial charge in [-0.2, -0.15) is 15.0 Å². The van der Waals surface area contributed by atoms with Gasteiger partial charge in [0.2, 0.25) is 6.08 Å². The van der Waals surface area contributed by atoms with Gasteiger partial charge in [0.1, 0.15) is 6.01 Å². The zero-order chi connectivity index (χ0) is 16.8. The summed E-state index contributed by atoms with van der Waals surface area (Å²) in [6.45, 7) is 3.74. The molecule has 0 saturated carbocycles. The summed E-state index contributed by atoms with van der Waals surface area (Å²) in [4.78, 5) is 22.2. The summed E-state index contributed by atoms with van der Waals surface area (Å²) in [7, 11) is 1.55. The zero-order valence-corrected chi connectivity index (χ0v) is 13.1. The second kappa shape index (κ2) is 7.29. The lowest BCUT2D eigenvalue weighted by Crippen LogP contribution is -2.10. The van der Waals surface area contributed by atoms with Crippen LogP contribution in [0.25, 0.3) is 0 Å². The Morgan fingerprint density at radius 3 is 2.17 bits per heavy atom. The van der Waals surface area contributed by atoms with E-state index in [1.165, 1.54) is 6.08 Å². The normalized spacial score (nSPS) is 9.57. The standard InChI is InChI=1S/C17H16N4O2/c1-12-4-6-14(8-16(12)20-11-22)18-10-19-15-7-5-13(2)17(9-15)21(3)23/h4-9,23H,1-3H3. The van der Waals surface area contributed by atoms with Gasteiger partial charge in [0, 0.05) is 7.05 Å². The predicted octanol–water partition coefficient (Wildman–Crippen LogP) is 4.23. The Hall–Kier alpha value is -3.04. The average molecular weight is 308 g/mol. The van der Waals surface area contributed by atoms with Gasteiger partial charge in [-0.25, -0.2) is 4.79 Å². The van der Waals surface area contributed by atoms with E-state index in [1.54, 1.807) is 31.3 Å². The van der Waals surface area contributed by atoms with Crippen LogP contribution in [0.4, 0.5) is 22.7 Å². The van der Waals surface area contributed by atoms with Crippen LogP contribution in [-0.4, -0.2) is 24.3 Å². The molecule has 0 bridgehead atoms. The van der Waals surface area contributed by atoms with Gasteiger partial charge in [-0.05, 0) is 49.2 Å². The van der Waals surface area contributed by atoms with Gasteiger partial charge in [-0.15, -0.1) is 0 Å². The number of rotatable bonds is 4. The number of benzene rings is 2. The van der Waals surface area contributed by atoms with Gasteiger partial charge in [-0.3, -0.25) is 10.3 Å². The molecule has 0 radical (unpaired) electrons. The van der Waals surface area contributed by atoms with Crippen molar-refractivity contribution in [1.82, 2.24) is 0 Å². The Labute approximate surface area is 134 Å². The fraction of sp³-hybridized carbons (Fsp3) is 0.176. The molecule has 0 aliphatic carbocycles. The van der Waals surface area contributed by atoms with Crippen molar-refractivity contribution in [2.45, 2.75) is 13.8 Å². The summed E-state index contributed by atoms with van der Waals surface area (Å²) in [5.41, 5.74) is 4.17. The number of nitrogens with zero attached hydrogens (tertiary/aromatic N) is 4. The van der Waals surface area contributed by atoms with Crippen molar-refractivity contribution in [2.24, 2.45) is 15.0 Å². The summed E-state index contributed by atoms with van der Waals surface area (Å²) < 4.78 is 0. The van der Waals surface area contributed by atoms with Crippen molar-refractivity contribution in [3.05, 3.63) is 47.5 Å². The Balaban J connectivity index is 2.30. The number of hydroxylamine groups is 1. The van der Waals surface area contributed by atoms with E-state index in [1.807, 2.05) is 26.0 Å². The topological polar surface area (TPSA) is 77.6 Å². The molecule has 0 saturated heterocycles. The van der Waals surface area contributed by atoms with Crippen LogP contribution in [0.1, 0.15) is 11.1 Å². The third kappa shape index (κ3) is 4.22. The quantitative estimate of drug-likeness (QED) is 0.521. The number of aryl methyl sites for hydroxylation is 2. The Bertz CT molecular complexity index is 830. The highest BCUT2D eigenvalue weighted by molar-refractivity contribution is 5.65. The summed E-state index contributed by atoms with van der Waals surface area (Å²) in [6, 6.07) is 13.2. The van der Waals surface area contributed by atoms with Crippen molar-refractivity contribution in [2.75, 3.05) is 12.1 Å². The second-order valence-electron chi connectivity index (χ2n) is 4.99. The molecular weight excluding hydrogens is 292 g/mol. The minimum atomic E-state index is 0.516. The largest absolute Gasteiger partial charge is 0.289 e. The number of hydrogen-bond acceptors (Lipinski definition) is 6. The molecule has 0 aromatic heterocycles. The maximum Gasteiger partial charge on any atom is 0.240 e. The Kier molecular flexibility index (Phi) is 5.18. The maximum absolute atomic E-state index is 10.4. The lowest BCUT2D eigenvalue weighted by Gasteiger charge is -2.13. The molecule has 2 rings (SSSR count). The highest BCUT2D eigenvalue weighted by Crippen LogP contribution is 2.25. The first kappa shape index (κ1) is 16.3. The summed E-state index contributed by atoms with van der Waals surface area (Å²) in [5, 5.41) is 10.6. The molecule has 2 aromatic carbocycles. The van der Waals surface area contributed by atoms with E-state index < -0.39 is 0 Å². The van der Waals surface area contributed by atoms with E-state index >= 15 is 0 Å². The van der Waals surface area contributed by atoms with E-state index in [9.17, 15) is 10.0 Å². The Morgan fingerprint density at radius 2 is 1.57 bits per heavy atom. The molecule has 2 aromatic rings. The lowest BCUT2D eigenvalue weighted by atomic mass is 10.2. The molecule has 6 heteroatoms. The minimum absolute atomic E-state index is 0.516. The van der Waals surface area contributed by atoms with E-state index in [0.29, 0.717) is 22.7 Å². The van der Waals surface area contributed by atoms with Crippen molar-refractivity contribution >= 4 is 34.8 Å². The second-order valence-corrected chi connectivity index (χ2v) is 4.99. The van der Waals surface area contributed by atoms with Crippen LogP contribution in [-0.2, 0) is 4.79 Å². The molecule has 6 nitrogen and oxygen atoms in total. The third-order valence-corrected chi connectivity index (χ3v) is 3.26. The zero-order valence-electron chi connectivity index (χ0n) is 13.1. The van der Waals surface area contributed by atoms with E-state index in [-0.39, 0.29) is 0 Å². The highest BCUT2D eigenvalue weighted by atomic mass is 16.5. The molecular formula is C17H16N4O2. The van der Waals surface area contributed by atoms with Crippen molar-refractivity contribution in [1.29, 1.82) is 0 Å². The molecule has 0 atom stereocenters. The fourth-order valence-corrected chi connectivity index (χ4v) is 1.99. The number of anilines is 1. The van der Waals surface area contributed by atoms with Gasteiger partial charge >= 0.3 is 0 Å². The summed E-state index contributed by atoms with van der Waals surface area (Å²) in [6.07, 6.45) is 1.52. The van der Waals surface area contributed by atoms with E-state index in [4.69, 9.17) is 0 Å². The van der Waals surface area contributed by atoms with Crippen molar-refractivity contribution in [3.63, 3.8) is 0 Å². The summed E-state index contributed by atoms with van der Waals surface area (Å²) >= 11 is 0. The first-order valence-corrected chi connectivity index (χ1v) is 6.89. The number of hydrogen-bond donors (Lipinski definition) is 1. The van der Waals surface area contributed by atoms with Crippen LogP contribution in [0.15, 0.2) is 51.4 Å². The molecule has 0 unspecified atom stereocenters. The van der Waals surface area contributed by atoms with Crippen molar-refractivity contribution < 1.29 is 10.0 Å². The van der Waals surface area contributed by atoms with Crippen LogP contribution >= 0.6 is 0 Å². The number of carbonyl (C=O) groups excluding carboxylic acids is 1. The van der Waals surface area contributed by atoms with Crippen LogP contribution in [0.5, 0.6) is 0 Å². The first-order valence-electron chi connectivity index (χ1n) is 6.89. The highest BCUT2D eigenvalue weighted by Gasteiger charge is 2.02. The Morgan fingerprint density at radius 1 is 0.957 bits per heavy atom. The molecule has 0 fully saturated rings. The molecule has 0 amide bonds. The monoisotopic (exact) mass is 308 g/mol. The first-order chi connectivity index (χ1) is 11.0. The van der Waals surface area contributed by atoms with Gasteiger partial charge in [0.15, 0.2) is 0 Å². The van der Waals surface area contributed by atoms with Crippen LogP contribution in [0.2, 0.25) is 0 Å². The van der Waals surface area contributed by atoms with Gasteiger partial charge in [-0.1, -0.05) is 12.1 Å². The van der Waals surface area contributed by atoms with Crippen LogP contribution < -0.4 is 5.06 Å². The molecule has 23 heavy (non-hydrogen) atoms. The maximum atomic E-state index is 10.4. The van der Waals surface area contributed by atoms with Crippen LogP contribution in [0.3, 0.4) is 0 Å². The SMILES string of the molecule is Cc1ccc(N=C=Nc2ccc(C)c(N(C)O)c2)cc1N=C=O. The smallest absolute Gasteiger partial charge is 0.240 e. The predicted molar refractivity (Wildman–Crippen MR) is 89.5 cm³/mol.